The van der Waals surface area contributed by atoms with Crippen LogP contribution in [0.3, 0.4) is 0 Å². The summed E-state index contributed by atoms with van der Waals surface area (Å²) >= 11 is 0. The molecule has 1 aliphatic rings. The molecular formula is C25H29FN4O. The van der Waals surface area contributed by atoms with Crippen molar-refractivity contribution >= 4 is 11.6 Å². The predicted octanol–water partition coefficient (Wildman–Crippen LogP) is 5.16. The van der Waals surface area contributed by atoms with Gasteiger partial charge in [0.05, 0.1) is 23.1 Å². The fraction of sp³-hybridized carbons (Fsp3) is 0.360. The van der Waals surface area contributed by atoms with Crippen molar-refractivity contribution in [3.63, 3.8) is 0 Å². The highest BCUT2D eigenvalue weighted by atomic mass is 19.1. The van der Waals surface area contributed by atoms with Crippen LogP contribution in [0.25, 0.3) is 5.69 Å². The second-order valence-corrected chi connectivity index (χ2v) is 8.54. The van der Waals surface area contributed by atoms with Crippen LogP contribution in [-0.4, -0.2) is 28.8 Å². The standard InChI is InChI=1S/C25H29FN4O/c1-16(2)18-4-7-21(8-5-18)30-24(19-10-12-27-13-11-19)22(15-28-30)25(31)29-23-9-6-20(26)14-17(23)3/h4-9,14-16,19,27H,10-13H2,1-3H3,(H,29,31). The lowest BCUT2D eigenvalue weighted by atomic mass is 9.91. The van der Waals surface area contributed by atoms with Gasteiger partial charge in [-0.05, 0) is 80.2 Å². The number of piperidine rings is 1. The molecule has 0 unspecified atom stereocenters. The first-order valence-corrected chi connectivity index (χ1v) is 10.9. The minimum Gasteiger partial charge on any atom is -0.322 e. The van der Waals surface area contributed by atoms with Crippen LogP contribution in [0, 0.1) is 12.7 Å². The molecule has 1 aromatic heterocycles. The number of aromatic nitrogens is 2. The fourth-order valence-electron chi connectivity index (χ4n) is 4.18. The van der Waals surface area contributed by atoms with Gasteiger partial charge in [-0.3, -0.25) is 4.79 Å². The normalized spacial score (nSPS) is 14.7. The monoisotopic (exact) mass is 420 g/mol. The van der Waals surface area contributed by atoms with Crippen molar-refractivity contribution in [1.82, 2.24) is 15.1 Å². The van der Waals surface area contributed by atoms with Crippen LogP contribution in [-0.2, 0) is 0 Å². The Balaban J connectivity index is 1.71. The van der Waals surface area contributed by atoms with Gasteiger partial charge < -0.3 is 10.6 Å². The van der Waals surface area contributed by atoms with Crippen molar-refractivity contribution in [1.29, 1.82) is 0 Å². The van der Waals surface area contributed by atoms with Gasteiger partial charge in [0.15, 0.2) is 0 Å². The summed E-state index contributed by atoms with van der Waals surface area (Å²) in [6.45, 7) is 7.96. The molecule has 1 fully saturated rings. The number of anilines is 1. The maximum absolute atomic E-state index is 13.5. The molecule has 6 heteroatoms. The average Bonchev–Trinajstić information content (AvgIpc) is 3.21. The molecule has 0 atom stereocenters. The first-order valence-electron chi connectivity index (χ1n) is 10.9. The third-order valence-corrected chi connectivity index (χ3v) is 6.02. The molecule has 2 N–H and O–H groups in total. The lowest BCUT2D eigenvalue weighted by molar-refractivity contribution is 0.102. The Hall–Kier alpha value is -2.99. The summed E-state index contributed by atoms with van der Waals surface area (Å²) < 4.78 is 15.4. The summed E-state index contributed by atoms with van der Waals surface area (Å²) in [5, 5.41) is 10.9. The SMILES string of the molecule is Cc1cc(F)ccc1NC(=O)c1cnn(-c2ccc(C(C)C)cc2)c1C1CCNCC1. The number of hydrogen-bond acceptors (Lipinski definition) is 3. The molecule has 2 aromatic carbocycles. The van der Waals surface area contributed by atoms with Crippen molar-refractivity contribution in [3.05, 3.63) is 76.9 Å². The van der Waals surface area contributed by atoms with Crippen LogP contribution in [0.5, 0.6) is 0 Å². The highest BCUT2D eigenvalue weighted by molar-refractivity contribution is 6.05. The summed E-state index contributed by atoms with van der Waals surface area (Å²) in [4.78, 5) is 13.2. The molecule has 4 rings (SSSR count). The van der Waals surface area contributed by atoms with Gasteiger partial charge in [0.1, 0.15) is 5.82 Å². The van der Waals surface area contributed by atoms with Gasteiger partial charge in [-0.2, -0.15) is 5.10 Å². The van der Waals surface area contributed by atoms with Crippen molar-refractivity contribution < 1.29 is 9.18 Å². The number of nitrogens with zero attached hydrogens (tertiary/aromatic N) is 2. The number of hydrogen-bond donors (Lipinski definition) is 2. The number of benzene rings is 2. The van der Waals surface area contributed by atoms with Gasteiger partial charge in [0.2, 0.25) is 0 Å². The molecule has 0 bridgehead atoms. The van der Waals surface area contributed by atoms with E-state index < -0.39 is 0 Å². The molecular weight excluding hydrogens is 391 g/mol. The molecule has 162 valence electrons. The summed E-state index contributed by atoms with van der Waals surface area (Å²) in [6.07, 6.45) is 3.55. The number of aryl methyl sites for hydroxylation is 1. The van der Waals surface area contributed by atoms with E-state index in [9.17, 15) is 9.18 Å². The molecule has 1 amide bonds. The molecule has 1 saturated heterocycles. The third-order valence-electron chi connectivity index (χ3n) is 6.02. The summed E-state index contributed by atoms with van der Waals surface area (Å²) in [5.74, 6) is 0.163. The van der Waals surface area contributed by atoms with E-state index in [2.05, 4.69) is 53.8 Å². The van der Waals surface area contributed by atoms with E-state index in [4.69, 9.17) is 0 Å². The Kier molecular flexibility index (Phi) is 6.18. The van der Waals surface area contributed by atoms with Crippen LogP contribution >= 0.6 is 0 Å². The molecule has 0 saturated carbocycles. The van der Waals surface area contributed by atoms with E-state index in [1.807, 2.05) is 4.68 Å². The molecule has 2 heterocycles. The van der Waals surface area contributed by atoms with Crippen molar-refractivity contribution in [3.8, 4) is 5.69 Å². The Morgan fingerprint density at radius 2 is 1.87 bits per heavy atom. The van der Waals surface area contributed by atoms with E-state index in [0.29, 0.717) is 22.7 Å². The van der Waals surface area contributed by atoms with E-state index in [1.165, 1.54) is 17.7 Å². The zero-order chi connectivity index (χ0) is 22.0. The molecule has 0 spiro atoms. The van der Waals surface area contributed by atoms with E-state index in [0.717, 1.165) is 37.3 Å². The topological polar surface area (TPSA) is 59.0 Å². The smallest absolute Gasteiger partial charge is 0.259 e. The molecule has 0 radical (unpaired) electrons. The predicted molar refractivity (Wildman–Crippen MR) is 122 cm³/mol. The highest BCUT2D eigenvalue weighted by Crippen LogP contribution is 2.31. The van der Waals surface area contributed by atoms with Gasteiger partial charge >= 0.3 is 0 Å². The maximum Gasteiger partial charge on any atom is 0.259 e. The van der Waals surface area contributed by atoms with Crippen molar-refractivity contribution in [2.45, 2.75) is 45.4 Å². The Labute approximate surface area is 182 Å². The summed E-state index contributed by atoms with van der Waals surface area (Å²) in [7, 11) is 0. The molecule has 1 aliphatic heterocycles. The average molecular weight is 421 g/mol. The zero-order valence-electron chi connectivity index (χ0n) is 18.3. The highest BCUT2D eigenvalue weighted by Gasteiger charge is 2.27. The third kappa shape index (κ3) is 4.54. The maximum atomic E-state index is 13.5. The van der Waals surface area contributed by atoms with Gasteiger partial charge in [-0.15, -0.1) is 0 Å². The minimum absolute atomic E-state index is 0.215. The van der Waals surface area contributed by atoms with Gasteiger partial charge in [-0.25, -0.2) is 9.07 Å². The number of halogens is 1. The van der Waals surface area contributed by atoms with Crippen molar-refractivity contribution in [2.24, 2.45) is 0 Å². The van der Waals surface area contributed by atoms with E-state index >= 15 is 0 Å². The lowest BCUT2D eigenvalue weighted by Crippen LogP contribution is -2.29. The Morgan fingerprint density at radius 1 is 1.16 bits per heavy atom. The number of carbonyl (C=O) groups excluding carboxylic acids is 1. The van der Waals surface area contributed by atoms with E-state index in [1.54, 1.807) is 19.2 Å². The quantitative estimate of drug-likeness (QED) is 0.599. The van der Waals surface area contributed by atoms with Crippen LogP contribution in [0.1, 0.15) is 65.7 Å². The fourth-order valence-corrected chi connectivity index (χ4v) is 4.18. The van der Waals surface area contributed by atoms with E-state index in [-0.39, 0.29) is 17.6 Å². The van der Waals surface area contributed by atoms with Crippen LogP contribution in [0.4, 0.5) is 10.1 Å². The summed E-state index contributed by atoms with van der Waals surface area (Å²) in [6, 6.07) is 12.8. The van der Waals surface area contributed by atoms with Crippen LogP contribution in [0.2, 0.25) is 0 Å². The van der Waals surface area contributed by atoms with Crippen LogP contribution < -0.4 is 10.6 Å². The number of nitrogens with one attached hydrogen (secondary N) is 2. The van der Waals surface area contributed by atoms with Gasteiger partial charge in [-0.1, -0.05) is 26.0 Å². The largest absolute Gasteiger partial charge is 0.322 e. The summed E-state index contributed by atoms with van der Waals surface area (Å²) in [5.41, 5.74) is 5.03. The molecule has 0 aliphatic carbocycles. The lowest BCUT2D eigenvalue weighted by Gasteiger charge is -2.25. The number of amides is 1. The second kappa shape index (κ2) is 9.02. The zero-order valence-corrected chi connectivity index (χ0v) is 18.3. The first-order chi connectivity index (χ1) is 14.9. The molecule has 5 nitrogen and oxygen atoms in total. The van der Waals surface area contributed by atoms with Gasteiger partial charge in [0, 0.05) is 11.6 Å². The number of carbonyl (C=O) groups is 1. The molecule has 31 heavy (non-hydrogen) atoms. The van der Waals surface area contributed by atoms with Crippen molar-refractivity contribution in [2.75, 3.05) is 18.4 Å². The van der Waals surface area contributed by atoms with Gasteiger partial charge in [0.25, 0.3) is 5.91 Å². The Bertz CT molecular complexity index is 1070. The van der Waals surface area contributed by atoms with Crippen LogP contribution in [0.15, 0.2) is 48.7 Å². The number of rotatable bonds is 5. The Morgan fingerprint density at radius 3 is 2.52 bits per heavy atom. The minimum atomic E-state index is -0.316. The first kappa shape index (κ1) is 21.2. The second-order valence-electron chi connectivity index (χ2n) is 8.54. The molecule has 3 aromatic rings.